The van der Waals surface area contributed by atoms with Crippen LogP contribution >= 0.6 is 0 Å². The lowest BCUT2D eigenvalue weighted by Gasteiger charge is -2.30. The summed E-state index contributed by atoms with van der Waals surface area (Å²) >= 11 is 0. The molecule has 1 aliphatic heterocycles. The van der Waals surface area contributed by atoms with Gasteiger partial charge in [-0.3, -0.25) is 4.68 Å². The second-order valence-corrected chi connectivity index (χ2v) is 5.28. The van der Waals surface area contributed by atoms with Crippen molar-refractivity contribution in [2.45, 2.75) is 32.7 Å². The van der Waals surface area contributed by atoms with E-state index in [0.717, 1.165) is 19.0 Å². The Hall–Kier alpha value is -0.870. The van der Waals surface area contributed by atoms with Gasteiger partial charge in [-0.15, -0.1) is 0 Å². The van der Waals surface area contributed by atoms with E-state index in [4.69, 9.17) is 0 Å². The van der Waals surface area contributed by atoms with Gasteiger partial charge in [-0.2, -0.15) is 5.10 Å². The van der Waals surface area contributed by atoms with Crippen molar-refractivity contribution in [3.05, 3.63) is 18.5 Å². The summed E-state index contributed by atoms with van der Waals surface area (Å²) in [5.74, 6) is 0.836. The Morgan fingerprint density at radius 3 is 3.06 bits per heavy atom. The van der Waals surface area contributed by atoms with E-state index in [1.165, 1.54) is 45.4 Å². The monoisotopic (exact) mass is 250 g/mol. The molecule has 1 unspecified atom stereocenters. The quantitative estimate of drug-likeness (QED) is 0.798. The van der Waals surface area contributed by atoms with E-state index >= 15 is 0 Å². The summed E-state index contributed by atoms with van der Waals surface area (Å²) in [5.41, 5.74) is 0. The summed E-state index contributed by atoms with van der Waals surface area (Å²) in [6.07, 6.45) is 7.86. The maximum absolute atomic E-state index is 4.27. The second-order valence-electron chi connectivity index (χ2n) is 5.28. The van der Waals surface area contributed by atoms with E-state index in [-0.39, 0.29) is 0 Å². The first-order valence-corrected chi connectivity index (χ1v) is 7.29. The standard InChI is InChI=1S/C14H26N4/c1-2-8-17(10-11-18-9-4-7-16-18)13-14-5-3-6-15-12-14/h4,7,9,14-15H,2-3,5-6,8,10-13H2,1H3. The van der Waals surface area contributed by atoms with Gasteiger partial charge in [0.05, 0.1) is 6.54 Å². The van der Waals surface area contributed by atoms with Crippen LogP contribution in [0.5, 0.6) is 0 Å². The molecule has 4 heteroatoms. The van der Waals surface area contributed by atoms with Crippen LogP contribution in [0.4, 0.5) is 0 Å². The molecule has 2 rings (SSSR count). The molecule has 2 heterocycles. The van der Waals surface area contributed by atoms with Gasteiger partial charge < -0.3 is 10.2 Å². The van der Waals surface area contributed by atoms with Crippen molar-refractivity contribution in [1.29, 1.82) is 0 Å². The molecule has 1 atom stereocenters. The highest BCUT2D eigenvalue weighted by Crippen LogP contribution is 2.12. The Balaban J connectivity index is 1.75. The van der Waals surface area contributed by atoms with Crippen LogP contribution in [0, 0.1) is 5.92 Å². The zero-order chi connectivity index (χ0) is 12.6. The van der Waals surface area contributed by atoms with Crippen molar-refractivity contribution in [3.63, 3.8) is 0 Å². The number of rotatable bonds is 7. The van der Waals surface area contributed by atoms with Gasteiger partial charge >= 0.3 is 0 Å². The normalized spacial score (nSPS) is 20.4. The van der Waals surface area contributed by atoms with Crippen LogP contribution in [0.1, 0.15) is 26.2 Å². The average Bonchev–Trinajstić information content (AvgIpc) is 2.91. The van der Waals surface area contributed by atoms with E-state index in [1.54, 1.807) is 0 Å². The molecule has 0 radical (unpaired) electrons. The predicted molar refractivity (Wildman–Crippen MR) is 74.6 cm³/mol. The Morgan fingerprint density at radius 2 is 2.39 bits per heavy atom. The van der Waals surface area contributed by atoms with Gasteiger partial charge in [-0.05, 0) is 50.9 Å². The van der Waals surface area contributed by atoms with E-state index in [9.17, 15) is 0 Å². The molecule has 0 aromatic carbocycles. The first kappa shape index (κ1) is 13.6. The minimum absolute atomic E-state index is 0.836. The molecule has 0 bridgehead atoms. The maximum atomic E-state index is 4.27. The number of aromatic nitrogens is 2. The fraction of sp³-hybridized carbons (Fsp3) is 0.786. The SMILES string of the molecule is CCCN(CCn1cccn1)CC1CCCNC1. The minimum Gasteiger partial charge on any atom is -0.316 e. The van der Waals surface area contributed by atoms with Gasteiger partial charge in [-0.1, -0.05) is 6.92 Å². The summed E-state index contributed by atoms with van der Waals surface area (Å²) in [6, 6.07) is 2.00. The number of hydrogen-bond acceptors (Lipinski definition) is 3. The molecule has 1 aromatic heterocycles. The molecule has 18 heavy (non-hydrogen) atoms. The number of piperidine rings is 1. The topological polar surface area (TPSA) is 33.1 Å². The van der Waals surface area contributed by atoms with Gasteiger partial charge in [0.2, 0.25) is 0 Å². The zero-order valence-electron chi connectivity index (χ0n) is 11.5. The maximum Gasteiger partial charge on any atom is 0.0536 e. The predicted octanol–water partition coefficient (Wildman–Crippen LogP) is 1.59. The van der Waals surface area contributed by atoms with Crippen molar-refractivity contribution in [2.75, 3.05) is 32.7 Å². The van der Waals surface area contributed by atoms with Crippen molar-refractivity contribution < 1.29 is 0 Å². The van der Waals surface area contributed by atoms with E-state index in [1.807, 2.05) is 23.1 Å². The van der Waals surface area contributed by atoms with Crippen LogP contribution in [-0.4, -0.2) is 47.4 Å². The molecule has 102 valence electrons. The van der Waals surface area contributed by atoms with Crippen LogP contribution in [0.2, 0.25) is 0 Å². The Morgan fingerprint density at radius 1 is 1.44 bits per heavy atom. The van der Waals surface area contributed by atoms with Crippen LogP contribution in [0.25, 0.3) is 0 Å². The highest BCUT2D eigenvalue weighted by atomic mass is 15.3. The fourth-order valence-electron chi connectivity index (χ4n) is 2.73. The van der Waals surface area contributed by atoms with Crippen LogP contribution in [-0.2, 0) is 6.54 Å². The van der Waals surface area contributed by atoms with Gasteiger partial charge in [-0.25, -0.2) is 0 Å². The molecular formula is C14H26N4. The number of nitrogens with zero attached hydrogens (tertiary/aromatic N) is 3. The van der Waals surface area contributed by atoms with E-state index in [0.29, 0.717) is 0 Å². The summed E-state index contributed by atoms with van der Waals surface area (Å²) in [6.45, 7) is 9.23. The smallest absolute Gasteiger partial charge is 0.0536 e. The van der Waals surface area contributed by atoms with E-state index < -0.39 is 0 Å². The van der Waals surface area contributed by atoms with Crippen LogP contribution in [0.15, 0.2) is 18.5 Å². The molecule has 0 spiro atoms. The second kappa shape index (κ2) is 7.54. The number of hydrogen-bond donors (Lipinski definition) is 1. The van der Waals surface area contributed by atoms with Gasteiger partial charge in [0.1, 0.15) is 0 Å². The molecule has 0 aliphatic carbocycles. The largest absolute Gasteiger partial charge is 0.316 e. The average molecular weight is 250 g/mol. The molecule has 1 saturated heterocycles. The first-order chi connectivity index (χ1) is 8.88. The third kappa shape index (κ3) is 4.42. The third-order valence-corrected chi connectivity index (χ3v) is 3.66. The van der Waals surface area contributed by atoms with Crippen LogP contribution < -0.4 is 5.32 Å². The summed E-state index contributed by atoms with van der Waals surface area (Å²) in [5, 5.41) is 7.78. The molecule has 1 aromatic rings. The third-order valence-electron chi connectivity index (χ3n) is 3.66. The zero-order valence-corrected chi connectivity index (χ0v) is 11.5. The van der Waals surface area contributed by atoms with Crippen molar-refractivity contribution in [2.24, 2.45) is 5.92 Å². The highest BCUT2D eigenvalue weighted by Gasteiger charge is 2.16. The molecule has 4 nitrogen and oxygen atoms in total. The van der Waals surface area contributed by atoms with Crippen molar-refractivity contribution >= 4 is 0 Å². The number of nitrogens with one attached hydrogen (secondary N) is 1. The molecule has 1 aliphatic rings. The van der Waals surface area contributed by atoms with Crippen molar-refractivity contribution in [1.82, 2.24) is 20.0 Å². The molecule has 0 amide bonds. The lowest BCUT2D eigenvalue weighted by atomic mass is 9.99. The highest BCUT2D eigenvalue weighted by molar-refractivity contribution is 4.78. The van der Waals surface area contributed by atoms with Crippen LogP contribution in [0.3, 0.4) is 0 Å². The van der Waals surface area contributed by atoms with Gasteiger partial charge in [0.15, 0.2) is 0 Å². The molecule has 1 N–H and O–H groups in total. The lowest BCUT2D eigenvalue weighted by Crippen LogP contribution is -2.39. The van der Waals surface area contributed by atoms with Crippen molar-refractivity contribution in [3.8, 4) is 0 Å². The van der Waals surface area contributed by atoms with Gasteiger partial charge in [0.25, 0.3) is 0 Å². The summed E-state index contributed by atoms with van der Waals surface area (Å²) in [7, 11) is 0. The summed E-state index contributed by atoms with van der Waals surface area (Å²) < 4.78 is 2.03. The first-order valence-electron chi connectivity index (χ1n) is 7.29. The molecule has 0 saturated carbocycles. The Kier molecular flexibility index (Phi) is 5.68. The Labute approximate surface area is 110 Å². The lowest BCUT2D eigenvalue weighted by molar-refractivity contribution is 0.200. The minimum atomic E-state index is 0.836. The Bertz CT molecular complexity index is 304. The van der Waals surface area contributed by atoms with Gasteiger partial charge in [0, 0.05) is 25.5 Å². The fourth-order valence-corrected chi connectivity index (χ4v) is 2.73. The summed E-state index contributed by atoms with van der Waals surface area (Å²) in [4.78, 5) is 2.60. The molecular weight excluding hydrogens is 224 g/mol. The van der Waals surface area contributed by atoms with E-state index in [2.05, 4.69) is 22.2 Å². The molecule has 1 fully saturated rings.